The molecule has 26 heavy (non-hydrogen) atoms. The number of nitrogens with one attached hydrogen (secondary N) is 1. The van der Waals surface area contributed by atoms with Crippen LogP contribution < -0.4 is 4.74 Å². The average molecular weight is 347 g/mol. The van der Waals surface area contributed by atoms with Crippen molar-refractivity contribution in [1.82, 2.24) is 24.7 Å². The monoisotopic (exact) mass is 347 g/mol. The van der Waals surface area contributed by atoms with Gasteiger partial charge in [-0.15, -0.1) is 0 Å². The van der Waals surface area contributed by atoms with Crippen molar-refractivity contribution < 1.29 is 4.74 Å². The molecular formula is C20H21N5O. The summed E-state index contributed by atoms with van der Waals surface area (Å²) in [6, 6.07) is 13.7. The molecule has 0 aliphatic heterocycles. The maximum atomic E-state index is 5.79. The van der Waals surface area contributed by atoms with Crippen LogP contribution in [0, 0.1) is 0 Å². The summed E-state index contributed by atoms with van der Waals surface area (Å²) < 4.78 is 7.62. The molecule has 4 aromatic rings. The molecule has 0 unspecified atom stereocenters. The van der Waals surface area contributed by atoms with Gasteiger partial charge in [-0.3, -0.25) is 4.98 Å². The lowest BCUT2D eigenvalue weighted by molar-refractivity contribution is 0.301. The summed E-state index contributed by atoms with van der Waals surface area (Å²) in [5.74, 6) is 1.99. The zero-order valence-electron chi connectivity index (χ0n) is 15.1. The number of aromatic amines is 1. The summed E-state index contributed by atoms with van der Waals surface area (Å²) in [4.78, 5) is 12.4. The van der Waals surface area contributed by atoms with Gasteiger partial charge in [0.05, 0.1) is 11.4 Å². The number of aromatic nitrogens is 5. The number of rotatable bonds is 5. The lowest BCUT2D eigenvalue weighted by Crippen LogP contribution is -1.97. The zero-order valence-corrected chi connectivity index (χ0v) is 15.1. The lowest BCUT2D eigenvalue weighted by atomic mass is 10.1. The fourth-order valence-corrected chi connectivity index (χ4v) is 2.93. The van der Waals surface area contributed by atoms with Gasteiger partial charge in [0.25, 0.3) is 0 Å². The Morgan fingerprint density at radius 1 is 1.12 bits per heavy atom. The number of fused-ring (bicyclic) bond motifs is 1. The fourth-order valence-electron chi connectivity index (χ4n) is 2.93. The van der Waals surface area contributed by atoms with E-state index in [1.165, 1.54) is 0 Å². The molecule has 3 heterocycles. The summed E-state index contributed by atoms with van der Waals surface area (Å²) in [5, 5.41) is 4.55. The number of benzene rings is 1. The molecule has 0 saturated carbocycles. The van der Waals surface area contributed by atoms with Crippen molar-refractivity contribution in [2.75, 3.05) is 0 Å². The Hall–Kier alpha value is -3.15. The molecule has 0 spiro atoms. The van der Waals surface area contributed by atoms with Gasteiger partial charge in [-0.1, -0.05) is 19.9 Å². The Kier molecular flexibility index (Phi) is 4.16. The largest absolute Gasteiger partial charge is 0.487 e. The highest BCUT2D eigenvalue weighted by Gasteiger charge is 2.16. The maximum absolute atomic E-state index is 5.79. The highest BCUT2D eigenvalue weighted by atomic mass is 16.5. The third-order valence-corrected chi connectivity index (χ3v) is 4.29. The van der Waals surface area contributed by atoms with E-state index in [0.717, 1.165) is 39.7 Å². The van der Waals surface area contributed by atoms with Crippen LogP contribution in [-0.2, 0) is 13.7 Å². The minimum absolute atomic E-state index is 0.342. The van der Waals surface area contributed by atoms with E-state index in [2.05, 4.69) is 28.9 Å². The van der Waals surface area contributed by atoms with Gasteiger partial charge in [-0.05, 0) is 42.3 Å². The lowest BCUT2D eigenvalue weighted by Gasteiger charge is -2.06. The van der Waals surface area contributed by atoms with Crippen LogP contribution in [0.5, 0.6) is 5.75 Å². The van der Waals surface area contributed by atoms with Crippen LogP contribution in [0.4, 0.5) is 0 Å². The van der Waals surface area contributed by atoms with Crippen molar-refractivity contribution in [2.45, 2.75) is 26.4 Å². The van der Waals surface area contributed by atoms with Gasteiger partial charge in [0.1, 0.15) is 23.7 Å². The second kappa shape index (κ2) is 6.63. The molecule has 0 saturated heterocycles. The van der Waals surface area contributed by atoms with Crippen molar-refractivity contribution in [3.63, 3.8) is 0 Å². The molecule has 6 nitrogen and oxygen atoms in total. The molecule has 0 aliphatic rings. The SMILES string of the molecule is CC(C)c1nn(C)c2nc(-c3ccc(OCc4ccccn4)cc3)[nH]c12. The molecule has 0 amide bonds. The summed E-state index contributed by atoms with van der Waals surface area (Å²) in [5.41, 5.74) is 4.84. The van der Waals surface area contributed by atoms with Crippen LogP contribution in [0.15, 0.2) is 48.7 Å². The van der Waals surface area contributed by atoms with Gasteiger partial charge >= 0.3 is 0 Å². The van der Waals surface area contributed by atoms with Crippen LogP contribution in [-0.4, -0.2) is 24.7 Å². The van der Waals surface area contributed by atoms with Crippen molar-refractivity contribution >= 4 is 11.2 Å². The highest BCUT2D eigenvalue weighted by molar-refractivity contribution is 5.79. The van der Waals surface area contributed by atoms with E-state index in [0.29, 0.717) is 12.5 Å². The minimum atomic E-state index is 0.342. The maximum Gasteiger partial charge on any atom is 0.176 e. The summed E-state index contributed by atoms with van der Waals surface area (Å²) in [6.45, 7) is 4.72. The van der Waals surface area contributed by atoms with E-state index >= 15 is 0 Å². The third-order valence-electron chi connectivity index (χ3n) is 4.29. The van der Waals surface area contributed by atoms with Crippen LogP contribution in [0.1, 0.15) is 31.2 Å². The number of H-pyrrole nitrogens is 1. The molecule has 4 rings (SSSR count). The molecule has 0 radical (unpaired) electrons. The predicted molar refractivity (Wildman–Crippen MR) is 101 cm³/mol. The second-order valence-electron chi connectivity index (χ2n) is 6.58. The number of aryl methyl sites for hydroxylation is 1. The van der Waals surface area contributed by atoms with Crippen molar-refractivity contribution in [1.29, 1.82) is 0 Å². The minimum Gasteiger partial charge on any atom is -0.487 e. The smallest absolute Gasteiger partial charge is 0.176 e. The summed E-state index contributed by atoms with van der Waals surface area (Å²) in [7, 11) is 1.92. The molecule has 132 valence electrons. The topological polar surface area (TPSA) is 68.6 Å². The predicted octanol–water partition coefficient (Wildman–Crippen LogP) is 4.06. The van der Waals surface area contributed by atoms with Crippen molar-refractivity contribution in [3.8, 4) is 17.1 Å². The van der Waals surface area contributed by atoms with Crippen LogP contribution in [0.25, 0.3) is 22.6 Å². The average Bonchev–Trinajstić information content (AvgIpc) is 3.22. The van der Waals surface area contributed by atoms with E-state index in [-0.39, 0.29) is 0 Å². The van der Waals surface area contributed by atoms with E-state index in [4.69, 9.17) is 9.72 Å². The molecular weight excluding hydrogens is 326 g/mol. The Morgan fingerprint density at radius 2 is 1.92 bits per heavy atom. The number of hydrogen-bond donors (Lipinski definition) is 1. The number of ether oxygens (including phenoxy) is 1. The quantitative estimate of drug-likeness (QED) is 0.591. The first-order valence-corrected chi connectivity index (χ1v) is 8.67. The van der Waals surface area contributed by atoms with Gasteiger partial charge in [0.2, 0.25) is 0 Å². The standard InChI is InChI=1S/C20H21N5O/c1-13(2)17-18-20(25(3)24-17)23-19(22-18)14-7-9-16(10-8-14)26-12-15-6-4-5-11-21-15/h4-11,13H,12H2,1-3H3,(H,22,23). The van der Waals surface area contributed by atoms with Crippen molar-refractivity contribution in [3.05, 3.63) is 60.0 Å². The summed E-state index contributed by atoms with van der Waals surface area (Å²) in [6.07, 6.45) is 1.77. The first-order valence-electron chi connectivity index (χ1n) is 8.67. The Bertz CT molecular complexity index is 1020. The zero-order chi connectivity index (χ0) is 18.1. The number of hydrogen-bond acceptors (Lipinski definition) is 4. The first-order chi connectivity index (χ1) is 12.6. The molecule has 0 atom stereocenters. The van der Waals surface area contributed by atoms with Crippen LogP contribution >= 0.6 is 0 Å². The summed E-state index contributed by atoms with van der Waals surface area (Å²) >= 11 is 0. The van der Waals surface area contributed by atoms with Crippen molar-refractivity contribution in [2.24, 2.45) is 7.05 Å². The van der Waals surface area contributed by atoms with Gasteiger partial charge in [-0.2, -0.15) is 5.10 Å². The highest BCUT2D eigenvalue weighted by Crippen LogP contribution is 2.27. The van der Waals surface area contributed by atoms with Gasteiger partial charge in [0, 0.05) is 18.8 Å². The van der Waals surface area contributed by atoms with E-state index in [9.17, 15) is 0 Å². The molecule has 6 heteroatoms. The van der Waals surface area contributed by atoms with E-state index < -0.39 is 0 Å². The number of nitrogens with zero attached hydrogens (tertiary/aromatic N) is 4. The normalized spacial score (nSPS) is 11.4. The third kappa shape index (κ3) is 3.06. The Morgan fingerprint density at radius 3 is 2.62 bits per heavy atom. The molecule has 1 N–H and O–H groups in total. The second-order valence-corrected chi connectivity index (χ2v) is 6.58. The van der Waals surface area contributed by atoms with Gasteiger partial charge in [0.15, 0.2) is 5.65 Å². The molecule has 3 aromatic heterocycles. The molecule has 0 bridgehead atoms. The fraction of sp³-hybridized carbons (Fsp3) is 0.250. The van der Waals surface area contributed by atoms with Crippen LogP contribution in [0.3, 0.4) is 0 Å². The molecule has 0 fully saturated rings. The Labute approximate surface area is 151 Å². The Balaban J connectivity index is 1.55. The van der Waals surface area contributed by atoms with Gasteiger partial charge < -0.3 is 9.72 Å². The first kappa shape index (κ1) is 16.3. The van der Waals surface area contributed by atoms with Gasteiger partial charge in [-0.25, -0.2) is 9.67 Å². The van der Waals surface area contributed by atoms with E-state index in [1.807, 2.05) is 54.2 Å². The van der Waals surface area contributed by atoms with E-state index in [1.54, 1.807) is 6.20 Å². The number of pyridine rings is 1. The van der Waals surface area contributed by atoms with Crippen LogP contribution in [0.2, 0.25) is 0 Å². The number of imidazole rings is 1. The molecule has 1 aromatic carbocycles. The molecule has 0 aliphatic carbocycles.